The lowest BCUT2D eigenvalue weighted by atomic mass is 10.1. The molecule has 0 nitrogen and oxygen atoms in total. The molecule has 5 heteroatoms. The second-order valence-electron chi connectivity index (χ2n) is 2.40. The zero-order chi connectivity index (χ0) is 10.0. The van der Waals surface area contributed by atoms with Crippen LogP contribution in [-0.2, 0) is 0 Å². The smallest absolute Gasteiger partial charge is 0.236 e. The summed E-state index contributed by atoms with van der Waals surface area (Å²) in [6, 6.07) is 1.76. The highest BCUT2D eigenvalue weighted by atomic mass is 19.3. The molecule has 0 saturated heterocycles. The Morgan fingerprint density at radius 2 is 1.62 bits per heavy atom. The van der Waals surface area contributed by atoms with Crippen molar-refractivity contribution >= 4 is 0 Å². The first kappa shape index (κ1) is 9.95. The Morgan fingerprint density at radius 1 is 1.00 bits per heavy atom. The molecule has 0 amide bonds. The van der Waals surface area contributed by atoms with Gasteiger partial charge in [0.2, 0.25) is 0 Å². The van der Waals surface area contributed by atoms with E-state index in [-0.39, 0.29) is 0 Å². The molecule has 1 aromatic rings. The van der Waals surface area contributed by atoms with Crippen molar-refractivity contribution in [2.24, 2.45) is 0 Å². The number of hydrogen-bond acceptors (Lipinski definition) is 0. The molecule has 0 bridgehead atoms. The Morgan fingerprint density at radius 3 is 2.08 bits per heavy atom. The molecule has 0 spiro atoms. The molecule has 0 aliphatic heterocycles. The molecular weight excluding hydrogens is 191 g/mol. The van der Waals surface area contributed by atoms with E-state index < -0.39 is 29.8 Å². The molecule has 1 unspecified atom stereocenters. The summed E-state index contributed by atoms with van der Waals surface area (Å²) in [4.78, 5) is 0. The van der Waals surface area contributed by atoms with Gasteiger partial charge < -0.3 is 0 Å². The SMILES string of the molecule is Fc1ccc(C(F)C(F)F)c(F)c1. The summed E-state index contributed by atoms with van der Waals surface area (Å²) in [6.45, 7) is 0. The van der Waals surface area contributed by atoms with Crippen molar-refractivity contribution in [2.75, 3.05) is 0 Å². The predicted molar refractivity (Wildman–Crippen MR) is 36.2 cm³/mol. The van der Waals surface area contributed by atoms with Crippen LogP contribution < -0.4 is 0 Å². The van der Waals surface area contributed by atoms with Gasteiger partial charge in [-0.15, -0.1) is 0 Å². The third kappa shape index (κ3) is 2.17. The van der Waals surface area contributed by atoms with Crippen LogP contribution in [0.15, 0.2) is 18.2 Å². The lowest BCUT2D eigenvalue weighted by Crippen LogP contribution is -2.05. The normalized spacial score (nSPS) is 13.4. The van der Waals surface area contributed by atoms with Crippen molar-refractivity contribution < 1.29 is 22.0 Å². The number of rotatable bonds is 2. The molecular formula is C8H5F5. The van der Waals surface area contributed by atoms with Crippen molar-refractivity contribution in [1.82, 2.24) is 0 Å². The molecule has 0 saturated carbocycles. The van der Waals surface area contributed by atoms with Crippen LogP contribution in [0.5, 0.6) is 0 Å². The van der Waals surface area contributed by atoms with Gasteiger partial charge in [0.15, 0.2) is 6.17 Å². The van der Waals surface area contributed by atoms with Crippen LogP contribution in [0.4, 0.5) is 22.0 Å². The topological polar surface area (TPSA) is 0 Å². The van der Waals surface area contributed by atoms with Gasteiger partial charge in [-0.25, -0.2) is 22.0 Å². The van der Waals surface area contributed by atoms with E-state index in [1.54, 1.807) is 0 Å². The first-order chi connectivity index (χ1) is 6.02. The van der Waals surface area contributed by atoms with Gasteiger partial charge in [-0.3, -0.25) is 0 Å². The Hall–Kier alpha value is -1.13. The summed E-state index contributed by atoms with van der Waals surface area (Å²) in [5, 5.41) is 0. The molecule has 0 heterocycles. The minimum atomic E-state index is -3.31. The summed E-state index contributed by atoms with van der Waals surface area (Å²) < 4.78 is 61.0. The van der Waals surface area contributed by atoms with Gasteiger partial charge in [-0.1, -0.05) is 6.07 Å². The fourth-order valence-electron chi connectivity index (χ4n) is 0.861. The Bertz CT molecular complexity index is 297. The van der Waals surface area contributed by atoms with Gasteiger partial charge in [0, 0.05) is 11.6 Å². The van der Waals surface area contributed by atoms with Crippen LogP contribution in [0.1, 0.15) is 11.7 Å². The molecule has 1 aromatic carbocycles. The van der Waals surface area contributed by atoms with Crippen LogP contribution >= 0.6 is 0 Å². The molecule has 0 aliphatic rings. The van der Waals surface area contributed by atoms with Crippen molar-refractivity contribution in [3.63, 3.8) is 0 Å². The highest BCUT2D eigenvalue weighted by molar-refractivity contribution is 5.21. The summed E-state index contributed by atoms with van der Waals surface area (Å²) in [7, 11) is 0. The van der Waals surface area contributed by atoms with Gasteiger partial charge in [-0.05, 0) is 6.07 Å². The highest BCUT2D eigenvalue weighted by Crippen LogP contribution is 2.26. The van der Waals surface area contributed by atoms with Crippen LogP contribution in [0.25, 0.3) is 0 Å². The molecule has 0 fully saturated rings. The second kappa shape index (κ2) is 3.72. The Kier molecular flexibility index (Phi) is 2.85. The first-order valence-corrected chi connectivity index (χ1v) is 3.39. The zero-order valence-corrected chi connectivity index (χ0v) is 6.28. The minimum absolute atomic E-state index is 0.365. The maximum Gasteiger partial charge on any atom is 0.273 e. The van der Waals surface area contributed by atoms with Crippen molar-refractivity contribution in [3.05, 3.63) is 35.4 Å². The van der Waals surface area contributed by atoms with Gasteiger partial charge in [-0.2, -0.15) is 0 Å². The van der Waals surface area contributed by atoms with Gasteiger partial charge >= 0.3 is 0 Å². The summed E-state index contributed by atoms with van der Waals surface area (Å²) in [6.07, 6.45) is -6.01. The number of alkyl halides is 3. The summed E-state index contributed by atoms with van der Waals surface area (Å²) in [5.41, 5.74) is -0.823. The maximum absolute atomic E-state index is 12.6. The average molecular weight is 196 g/mol. The van der Waals surface area contributed by atoms with E-state index >= 15 is 0 Å². The summed E-state index contributed by atoms with van der Waals surface area (Å²) in [5.74, 6) is -2.23. The fourth-order valence-corrected chi connectivity index (χ4v) is 0.861. The van der Waals surface area contributed by atoms with E-state index in [1.807, 2.05) is 0 Å². The Balaban J connectivity index is 3.01. The third-order valence-electron chi connectivity index (χ3n) is 1.48. The van der Waals surface area contributed by atoms with E-state index in [4.69, 9.17) is 0 Å². The average Bonchev–Trinajstić information content (AvgIpc) is 2.03. The quantitative estimate of drug-likeness (QED) is 0.637. The Labute approximate surface area is 71.0 Å². The van der Waals surface area contributed by atoms with E-state index in [0.29, 0.717) is 12.1 Å². The number of benzene rings is 1. The van der Waals surface area contributed by atoms with Crippen LogP contribution in [0, 0.1) is 11.6 Å². The molecule has 0 aromatic heterocycles. The van der Waals surface area contributed by atoms with E-state index in [0.717, 1.165) is 6.07 Å². The monoisotopic (exact) mass is 196 g/mol. The van der Waals surface area contributed by atoms with E-state index in [2.05, 4.69) is 0 Å². The lowest BCUT2D eigenvalue weighted by molar-refractivity contribution is 0.0475. The molecule has 0 radical (unpaired) electrons. The fraction of sp³-hybridized carbons (Fsp3) is 0.250. The van der Waals surface area contributed by atoms with Crippen molar-refractivity contribution in [3.8, 4) is 0 Å². The third-order valence-corrected chi connectivity index (χ3v) is 1.48. The van der Waals surface area contributed by atoms with Crippen molar-refractivity contribution in [1.29, 1.82) is 0 Å². The standard InChI is InChI=1S/C8H5F5/c9-4-1-2-5(6(10)3-4)7(11)8(12)13/h1-3,7-8H. The zero-order valence-electron chi connectivity index (χ0n) is 6.28. The van der Waals surface area contributed by atoms with Crippen LogP contribution in [0.2, 0.25) is 0 Å². The summed E-state index contributed by atoms with van der Waals surface area (Å²) >= 11 is 0. The predicted octanol–water partition coefficient (Wildman–Crippen LogP) is 3.24. The lowest BCUT2D eigenvalue weighted by Gasteiger charge is -2.07. The molecule has 1 atom stereocenters. The molecule has 1 rings (SSSR count). The maximum atomic E-state index is 12.6. The number of halogens is 5. The largest absolute Gasteiger partial charge is 0.273 e. The molecule has 0 N–H and O–H groups in total. The van der Waals surface area contributed by atoms with Gasteiger partial charge in [0.05, 0.1) is 0 Å². The number of hydrogen-bond donors (Lipinski definition) is 0. The second-order valence-corrected chi connectivity index (χ2v) is 2.40. The highest BCUT2D eigenvalue weighted by Gasteiger charge is 2.24. The van der Waals surface area contributed by atoms with Gasteiger partial charge in [0.25, 0.3) is 6.43 Å². The van der Waals surface area contributed by atoms with E-state index in [9.17, 15) is 22.0 Å². The van der Waals surface area contributed by atoms with Gasteiger partial charge in [0.1, 0.15) is 11.6 Å². The van der Waals surface area contributed by atoms with Crippen LogP contribution in [-0.4, -0.2) is 6.43 Å². The first-order valence-electron chi connectivity index (χ1n) is 3.39. The molecule has 13 heavy (non-hydrogen) atoms. The van der Waals surface area contributed by atoms with Crippen molar-refractivity contribution in [2.45, 2.75) is 12.6 Å². The van der Waals surface area contributed by atoms with E-state index in [1.165, 1.54) is 0 Å². The van der Waals surface area contributed by atoms with Crippen LogP contribution in [0.3, 0.4) is 0 Å². The molecule has 72 valence electrons. The molecule has 0 aliphatic carbocycles. The minimum Gasteiger partial charge on any atom is -0.236 e.